The molecule has 1 heterocycles. The Morgan fingerprint density at radius 1 is 1.19 bits per heavy atom. The van der Waals surface area contributed by atoms with Gasteiger partial charge in [-0.05, 0) is 43.2 Å². The van der Waals surface area contributed by atoms with Gasteiger partial charge in [0, 0.05) is 18.2 Å². The van der Waals surface area contributed by atoms with Crippen LogP contribution in [-0.2, 0) is 19.6 Å². The number of ether oxygens (including phenoxy) is 1. The van der Waals surface area contributed by atoms with Crippen LogP contribution in [0.25, 0.3) is 0 Å². The van der Waals surface area contributed by atoms with E-state index in [1.165, 1.54) is 18.2 Å². The number of nitrogens with one attached hydrogen (secondary N) is 1. The first-order chi connectivity index (χ1) is 13.0. The maximum absolute atomic E-state index is 13.1. The lowest BCUT2D eigenvalue weighted by Crippen LogP contribution is -2.42. The van der Waals surface area contributed by atoms with Crippen LogP contribution in [-0.4, -0.2) is 40.1 Å². The SMILES string of the molecule is O=C(CN(c1cccc(Cl)c1)S(=O)(=O)c1ccccc1)NC[C@H]1CCCO1. The van der Waals surface area contributed by atoms with Crippen molar-refractivity contribution in [2.45, 2.75) is 23.8 Å². The van der Waals surface area contributed by atoms with Crippen molar-refractivity contribution < 1.29 is 17.9 Å². The van der Waals surface area contributed by atoms with Crippen LogP contribution in [0.3, 0.4) is 0 Å². The summed E-state index contributed by atoms with van der Waals surface area (Å²) in [5.74, 6) is -0.398. The van der Waals surface area contributed by atoms with Gasteiger partial charge in [-0.15, -0.1) is 0 Å². The quantitative estimate of drug-likeness (QED) is 0.764. The predicted molar refractivity (Wildman–Crippen MR) is 104 cm³/mol. The zero-order chi connectivity index (χ0) is 19.3. The van der Waals surface area contributed by atoms with Crippen molar-refractivity contribution in [2.75, 3.05) is 24.0 Å². The highest BCUT2D eigenvalue weighted by Crippen LogP contribution is 2.26. The van der Waals surface area contributed by atoms with Crippen LogP contribution < -0.4 is 9.62 Å². The highest BCUT2D eigenvalue weighted by Gasteiger charge is 2.27. The van der Waals surface area contributed by atoms with Gasteiger partial charge in [-0.3, -0.25) is 9.10 Å². The van der Waals surface area contributed by atoms with E-state index in [-0.39, 0.29) is 17.5 Å². The van der Waals surface area contributed by atoms with Crippen LogP contribution >= 0.6 is 11.6 Å². The van der Waals surface area contributed by atoms with Crippen LogP contribution in [0.4, 0.5) is 5.69 Å². The molecule has 1 fully saturated rings. The predicted octanol–water partition coefficient (Wildman–Crippen LogP) is 2.83. The number of hydrogen-bond donors (Lipinski definition) is 1. The molecule has 0 spiro atoms. The molecule has 27 heavy (non-hydrogen) atoms. The van der Waals surface area contributed by atoms with Crippen molar-refractivity contribution >= 4 is 33.2 Å². The molecule has 1 amide bonds. The van der Waals surface area contributed by atoms with E-state index in [1.807, 2.05) is 0 Å². The number of nitrogens with zero attached hydrogens (tertiary/aromatic N) is 1. The van der Waals surface area contributed by atoms with Crippen molar-refractivity contribution in [3.63, 3.8) is 0 Å². The molecule has 1 saturated heterocycles. The van der Waals surface area contributed by atoms with E-state index < -0.39 is 15.9 Å². The second-order valence-electron chi connectivity index (χ2n) is 6.24. The van der Waals surface area contributed by atoms with Crippen LogP contribution in [0.1, 0.15) is 12.8 Å². The Kier molecular flexibility index (Phi) is 6.36. The second kappa shape index (κ2) is 8.73. The smallest absolute Gasteiger partial charge is 0.264 e. The Labute approximate surface area is 164 Å². The molecular weight excluding hydrogens is 388 g/mol. The Hall–Kier alpha value is -2.09. The van der Waals surface area contributed by atoms with E-state index >= 15 is 0 Å². The normalized spacial score (nSPS) is 16.9. The number of halogens is 1. The lowest BCUT2D eigenvalue weighted by molar-refractivity contribution is -0.120. The molecule has 1 atom stereocenters. The molecule has 144 valence electrons. The number of sulfonamides is 1. The van der Waals surface area contributed by atoms with Crippen molar-refractivity contribution in [1.29, 1.82) is 0 Å². The fourth-order valence-corrected chi connectivity index (χ4v) is 4.50. The fraction of sp³-hybridized carbons (Fsp3) is 0.316. The summed E-state index contributed by atoms with van der Waals surface area (Å²) in [6.45, 7) is 0.718. The molecule has 6 nitrogen and oxygen atoms in total. The maximum Gasteiger partial charge on any atom is 0.264 e. The maximum atomic E-state index is 13.1. The first kappa shape index (κ1) is 19.7. The topological polar surface area (TPSA) is 75.7 Å². The molecule has 0 saturated carbocycles. The lowest BCUT2D eigenvalue weighted by Gasteiger charge is -2.24. The number of benzene rings is 2. The monoisotopic (exact) mass is 408 g/mol. The Morgan fingerprint density at radius 3 is 2.63 bits per heavy atom. The zero-order valence-corrected chi connectivity index (χ0v) is 16.2. The summed E-state index contributed by atoms with van der Waals surface area (Å²) in [5.41, 5.74) is 0.332. The van der Waals surface area contributed by atoms with Crippen LogP contribution in [0.5, 0.6) is 0 Å². The highest BCUT2D eigenvalue weighted by atomic mass is 35.5. The molecule has 1 aliphatic rings. The summed E-state index contributed by atoms with van der Waals surface area (Å²) in [5, 5.41) is 3.15. The third kappa shape index (κ3) is 5.00. The van der Waals surface area contributed by atoms with Crippen molar-refractivity contribution in [3.8, 4) is 0 Å². The van der Waals surface area contributed by atoms with E-state index in [1.54, 1.807) is 36.4 Å². The van der Waals surface area contributed by atoms with Crippen LogP contribution in [0.2, 0.25) is 5.02 Å². The van der Waals surface area contributed by atoms with E-state index in [0.29, 0.717) is 23.9 Å². The van der Waals surface area contributed by atoms with Crippen LogP contribution in [0, 0.1) is 0 Å². The number of hydrogen-bond acceptors (Lipinski definition) is 4. The van der Waals surface area contributed by atoms with E-state index in [2.05, 4.69) is 5.32 Å². The summed E-state index contributed by atoms with van der Waals surface area (Å²) in [6, 6.07) is 14.4. The van der Waals surface area contributed by atoms with Gasteiger partial charge in [-0.1, -0.05) is 35.9 Å². The number of amides is 1. The highest BCUT2D eigenvalue weighted by molar-refractivity contribution is 7.92. The van der Waals surface area contributed by atoms with Gasteiger partial charge >= 0.3 is 0 Å². The molecule has 8 heteroatoms. The minimum atomic E-state index is -3.92. The first-order valence-corrected chi connectivity index (χ1v) is 10.5. The molecule has 0 unspecified atom stereocenters. The average molecular weight is 409 g/mol. The first-order valence-electron chi connectivity index (χ1n) is 8.68. The molecule has 1 aliphatic heterocycles. The molecule has 0 aromatic heterocycles. The minimum Gasteiger partial charge on any atom is -0.376 e. The van der Waals surface area contributed by atoms with E-state index in [9.17, 15) is 13.2 Å². The molecule has 0 bridgehead atoms. The van der Waals surface area contributed by atoms with Gasteiger partial charge < -0.3 is 10.1 Å². The molecular formula is C19H21ClN2O4S. The second-order valence-corrected chi connectivity index (χ2v) is 8.54. The Balaban J connectivity index is 1.83. The number of anilines is 1. The summed E-state index contributed by atoms with van der Waals surface area (Å²) in [7, 11) is -3.92. The van der Waals surface area contributed by atoms with Crippen molar-refractivity contribution in [3.05, 3.63) is 59.6 Å². The summed E-state index contributed by atoms with van der Waals surface area (Å²) < 4.78 is 32.8. The fourth-order valence-electron chi connectivity index (χ4n) is 2.89. The van der Waals surface area contributed by atoms with Gasteiger partial charge in [0.05, 0.1) is 16.7 Å². The Morgan fingerprint density at radius 2 is 1.96 bits per heavy atom. The zero-order valence-electron chi connectivity index (χ0n) is 14.7. The van der Waals surface area contributed by atoms with Gasteiger partial charge in [0.1, 0.15) is 6.54 Å². The third-order valence-corrected chi connectivity index (χ3v) is 6.29. The summed E-state index contributed by atoms with van der Waals surface area (Å²) in [6.07, 6.45) is 1.84. The number of carbonyl (C=O) groups is 1. The van der Waals surface area contributed by atoms with Gasteiger partial charge in [0.25, 0.3) is 10.0 Å². The number of carbonyl (C=O) groups excluding carboxylic acids is 1. The molecule has 2 aromatic rings. The van der Waals surface area contributed by atoms with E-state index in [0.717, 1.165) is 17.1 Å². The lowest BCUT2D eigenvalue weighted by atomic mass is 10.2. The molecule has 0 aliphatic carbocycles. The summed E-state index contributed by atoms with van der Waals surface area (Å²) in [4.78, 5) is 12.5. The van der Waals surface area contributed by atoms with Crippen LogP contribution in [0.15, 0.2) is 59.5 Å². The Bertz CT molecular complexity index is 884. The molecule has 2 aromatic carbocycles. The number of rotatable bonds is 7. The molecule has 3 rings (SSSR count). The van der Waals surface area contributed by atoms with Gasteiger partial charge in [0.2, 0.25) is 5.91 Å². The van der Waals surface area contributed by atoms with Crippen molar-refractivity contribution in [2.24, 2.45) is 0 Å². The van der Waals surface area contributed by atoms with Crippen molar-refractivity contribution in [1.82, 2.24) is 5.32 Å². The van der Waals surface area contributed by atoms with Gasteiger partial charge in [-0.25, -0.2) is 8.42 Å². The van der Waals surface area contributed by atoms with Gasteiger partial charge in [0.15, 0.2) is 0 Å². The summed E-state index contributed by atoms with van der Waals surface area (Å²) >= 11 is 6.03. The average Bonchev–Trinajstić information content (AvgIpc) is 3.18. The largest absolute Gasteiger partial charge is 0.376 e. The standard InChI is InChI=1S/C19H21ClN2O4S/c20-15-6-4-7-16(12-15)22(27(24,25)18-9-2-1-3-10-18)14-19(23)21-13-17-8-5-11-26-17/h1-4,6-7,9-10,12,17H,5,8,11,13-14H2,(H,21,23)/t17-/m1/s1. The van der Waals surface area contributed by atoms with E-state index in [4.69, 9.17) is 16.3 Å². The molecule has 1 N–H and O–H groups in total. The van der Waals surface area contributed by atoms with Gasteiger partial charge in [-0.2, -0.15) is 0 Å². The third-order valence-electron chi connectivity index (χ3n) is 4.27. The molecule has 0 radical (unpaired) electrons. The minimum absolute atomic E-state index is 0.0145.